The van der Waals surface area contributed by atoms with Gasteiger partial charge in [-0.05, 0) is 32.8 Å². The number of amides is 2. The van der Waals surface area contributed by atoms with Crippen LogP contribution in [0.15, 0.2) is 6.07 Å². The first kappa shape index (κ1) is 19.4. The molecule has 2 heterocycles. The van der Waals surface area contributed by atoms with Gasteiger partial charge in [-0.15, -0.1) is 0 Å². The molecule has 0 aromatic carbocycles. The summed E-state index contributed by atoms with van der Waals surface area (Å²) in [6, 6.07) is 1.95. The maximum absolute atomic E-state index is 15.0. The van der Waals surface area contributed by atoms with Gasteiger partial charge in [0.05, 0.1) is 18.8 Å². The summed E-state index contributed by atoms with van der Waals surface area (Å²) in [5, 5.41) is 6.85. The van der Waals surface area contributed by atoms with Gasteiger partial charge in [-0.2, -0.15) is 5.10 Å². The second-order valence-corrected chi connectivity index (χ2v) is 6.53. The average molecular weight is 354 g/mol. The van der Waals surface area contributed by atoms with Gasteiger partial charge in [-0.3, -0.25) is 14.3 Å². The first-order chi connectivity index (χ1) is 11.9. The molecule has 1 N–H and O–H groups in total. The van der Waals surface area contributed by atoms with Crippen LogP contribution in [0.1, 0.15) is 30.7 Å². The van der Waals surface area contributed by atoms with Gasteiger partial charge < -0.3 is 15.0 Å². The van der Waals surface area contributed by atoms with Crippen molar-refractivity contribution < 1.29 is 18.7 Å². The van der Waals surface area contributed by atoms with E-state index in [1.165, 1.54) is 12.0 Å². The van der Waals surface area contributed by atoms with Crippen LogP contribution in [-0.2, 0) is 20.9 Å². The highest BCUT2D eigenvalue weighted by Gasteiger charge is 2.43. The molecule has 1 unspecified atom stereocenters. The molecule has 0 bridgehead atoms. The minimum absolute atomic E-state index is 0.132. The van der Waals surface area contributed by atoms with Crippen molar-refractivity contribution in [3.8, 4) is 0 Å². The number of nitrogens with one attached hydrogen (secondary N) is 1. The molecule has 1 aliphatic heterocycles. The SMILES string of the molecule is COCCNC(=O)C1(F)CCCN(C(=O)CCn2nc(C)cc2C)C1. The third kappa shape index (κ3) is 5.01. The highest BCUT2D eigenvalue weighted by molar-refractivity contribution is 5.86. The van der Waals surface area contributed by atoms with E-state index in [2.05, 4.69) is 10.4 Å². The number of alkyl halides is 1. The Hall–Kier alpha value is -1.96. The summed E-state index contributed by atoms with van der Waals surface area (Å²) in [6.07, 6.45) is 0.843. The lowest BCUT2D eigenvalue weighted by molar-refractivity contribution is -0.143. The van der Waals surface area contributed by atoms with Crippen LogP contribution in [0.3, 0.4) is 0 Å². The molecule has 2 rings (SSSR count). The molecule has 1 aromatic rings. The van der Waals surface area contributed by atoms with Crippen molar-refractivity contribution in [1.82, 2.24) is 20.0 Å². The first-order valence-electron chi connectivity index (χ1n) is 8.61. The topological polar surface area (TPSA) is 76.5 Å². The van der Waals surface area contributed by atoms with Gasteiger partial charge in [0.1, 0.15) is 0 Å². The number of halogens is 1. The number of ether oxygens (including phenoxy) is 1. The molecule has 8 heteroatoms. The summed E-state index contributed by atoms with van der Waals surface area (Å²) in [7, 11) is 1.52. The van der Waals surface area contributed by atoms with E-state index in [0.29, 0.717) is 26.1 Å². The van der Waals surface area contributed by atoms with Gasteiger partial charge in [0.2, 0.25) is 11.6 Å². The number of likely N-dealkylation sites (tertiary alicyclic amines) is 1. The van der Waals surface area contributed by atoms with E-state index in [0.717, 1.165) is 11.4 Å². The van der Waals surface area contributed by atoms with Crippen molar-refractivity contribution in [3.63, 3.8) is 0 Å². The van der Waals surface area contributed by atoms with Gasteiger partial charge in [-0.1, -0.05) is 0 Å². The fourth-order valence-electron chi connectivity index (χ4n) is 3.09. The largest absolute Gasteiger partial charge is 0.383 e. The highest BCUT2D eigenvalue weighted by Crippen LogP contribution is 2.26. The van der Waals surface area contributed by atoms with Crippen LogP contribution in [0.25, 0.3) is 0 Å². The fraction of sp³-hybridized carbons (Fsp3) is 0.706. The van der Waals surface area contributed by atoms with Crippen LogP contribution in [0.4, 0.5) is 4.39 Å². The van der Waals surface area contributed by atoms with Crippen molar-refractivity contribution >= 4 is 11.8 Å². The Labute approximate surface area is 147 Å². The zero-order valence-corrected chi connectivity index (χ0v) is 15.2. The molecule has 1 aromatic heterocycles. The zero-order chi connectivity index (χ0) is 18.4. The number of aryl methyl sites for hydroxylation is 3. The maximum Gasteiger partial charge on any atom is 0.259 e. The number of hydrogen-bond acceptors (Lipinski definition) is 4. The van der Waals surface area contributed by atoms with Crippen LogP contribution in [0.5, 0.6) is 0 Å². The molecule has 0 aliphatic carbocycles. The fourth-order valence-corrected chi connectivity index (χ4v) is 3.09. The summed E-state index contributed by atoms with van der Waals surface area (Å²) in [5.41, 5.74) is -0.139. The number of hydrogen-bond donors (Lipinski definition) is 1. The number of rotatable bonds is 7. The van der Waals surface area contributed by atoms with E-state index in [4.69, 9.17) is 4.74 Å². The Morgan fingerprint density at radius 3 is 2.84 bits per heavy atom. The quantitative estimate of drug-likeness (QED) is 0.741. The molecule has 0 radical (unpaired) electrons. The lowest BCUT2D eigenvalue weighted by Crippen LogP contribution is -2.56. The number of carbonyl (C=O) groups excluding carboxylic acids is 2. The van der Waals surface area contributed by atoms with Gasteiger partial charge >= 0.3 is 0 Å². The zero-order valence-electron chi connectivity index (χ0n) is 15.2. The van der Waals surface area contributed by atoms with Gasteiger partial charge in [0.15, 0.2) is 0 Å². The van der Waals surface area contributed by atoms with Crippen molar-refractivity contribution in [2.24, 2.45) is 0 Å². The molecule has 1 saturated heterocycles. The van der Waals surface area contributed by atoms with E-state index in [-0.39, 0.29) is 31.8 Å². The van der Waals surface area contributed by atoms with Crippen LogP contribution in [0, 0.1) is 13.8 Å². The third-order valence-electron chi connectivity index (χ3n) is 4.43. The van der Waals surface area contributed by atoms with Gasteiger partial charge in [0, 0.05) is 38.9 Å². The molecule has 0 saturated carbocycles. The predicted octanol–water partition coefficient (Wildman–Crippen LogP) is 0.983. The monoisotopic (exact) mass is 354 g/mol. The molecule has 140 valence electrons. The molecule has 7 nitrogen and oxygen atoms in total. The number of aromatic nitrogens is 2. The lowest BCUT2D eigenvalue weighted by Gasteiger charge is -2.36. The lowest BCUT2D eigenvalue weighted by atomic mass is 9.93. The second-order valence-electron chi connectivity index (χ2n) is 6.53. The molecule has 1 aliphatic rings. The molecule has 1 atom stereocenters. The molecule has 1 fully saturated rings. The molecule has 2 amide bonds. The summed E-state index contributed by atoms with van der Waals surface area (Å²) < 4.78 is 21.6. The Morgan fingerprint density at radius 2 is 2.20 bits per heavy atom. The molecule has 25 heavy (non-hydrogen) atoms. The van der Waals surface area contributed by atoms with E-state index >= 15 is 0 Å². The Bertz CT molecular complexity index is 619. The summed E-state index contributed by atoms with van der Waals surface area (Å²) in [5.74, 6) is -0.820. The number of methoxy groups -OCH3 is 1. The van der Waals surface area contributed by atoms with Gasteiger partial charge in [0.25, 0.3) is 5.91 Å². The summed E-state index contributed by atoms with van der Waals surface area (Å²) in [4.78, 5) is 26.0. The Balaban J connectivity index is 1.89. The van der Waals surface area contributed by atoms with E-state index in [9.17, 15) is 14.0 Å². The second kappa shape index (κ2) is 8.42. The Morgan fingerprint density at radius 1 is 1.44 bits per heavy atom. The van der Waals surface area contributed by atoms with E-state index < -0.39 is 11.6 Å². The minimum atomic E-state index is -2.03. The molecular formula is C17H27FN4O3. The van der Waals surface area contributed by atoms with E-state index in [1.54, 1.807) is 4.68 Å². The van der Waals surface area contributed by atoms with Crippen molar-refractivity contribution in [2.45, 2.75) is 45.3 Å². The smallest absolute Gasteiger partial charge is 0.259 e. The number of nitrogens with zero attached hydrogens (tertiary/aromatic N) is 3. The summed E-state index contributed by atoms with van der Waals surface area (Å²) >= 11 is 0. The minimum Gasteiger partial charge on any atom is -0.383 e. The third-order valence-corrected chi connectivity index (χ3v) is 4.43. The predicted molar refractivity (Wildman–Crippen MR) is 90.9 cm³/mol. The van der Waals surface area contributed by atoms with Crippen LogP contribution in [0.2, 0.25) is 0 Å². The van der Waals surface area contributed by atoms with Gasteiger partial charge in [-0.25, -0.2) is 4.39 Å². The van der Waals surface area contributed by atoms with Crippen molar-refractivity contribution in [2.75, 3.05) is 33.4 Å². The Kier molecular flexibility index (Phi) is 6.52. The highest BCUT2D eigenvalue weighted by atomic mass is 19.1. The van der Waals surface area contributed by atoms with Crippen LogP contribution in [-0.4, -0.2) is 65.5 Å². The average Bonchev–Trinajstić information content (AvgIpc) is 2.90. The summed E-state index contributed by atoms with van der Waals surface area (Å²) in [6.45, 7) is 5.15. The van der Waals surface area contributed by atoms with Crippen LogP contribution >= 0.6 is 0 Å². The normalized spacial score (nSPS) is 20.6. The van der Waals surface area contributed by atoms with Crippen molar-refractivity contribution in [3.05, 3.63) is 17.5 Å². The van der Waals surface area contributed by atoms with Crippen molar-refractivity contribution in [1.29, 1.82) is 0 Å². The number of piperidine rings is 1. The molecular weight excluding hydrogens is 327 g/mol. The number of carbonyl (C=O) groups is 2. The first-order valence-corrected chi connectivity index (χ1v) is 8.61. The standard InChI is InChI=1S/C17H27FN4O3/c1-13-11-14(2)22(20-13)9-5-15(23)21-8-4-6-17(18,12-21)16(24)19-7-10-25-3/h11H,4-10,12H2,1-3H3,(H,19,24). The maximum atomic E-state index is 15.0. The molecule has 0 spiro atoms. The van der Waals surface area contributed by atoms with Crippen LogP contribution < -0.4 is 5.32 Å². The van der Waals surface area contributed by atoms with E-state index in [1.807, 2.05) is 19.9 Å².